The minimum atomic E-state index is -3.60. The Kier molecular flexibility index (Phi) is 9.97. The summed E-state index contributed by atoms with van der Waals surface area (Å²) in [6.45, 7) is 4.89. The molecule has 8 nitrogen and oxygen atoms in total. The van der Waals surface area contributed by atoms with E-state index >= 15 is 0 Å². The van der Waals surface area contributed by atoms with Gasteiger partial charge in [0.05, 0.1) is 17.0 Å². The lowest BCUT2D eigenvalue weighted by Crippen LogP contribution is -2.54. The van der Waals surface area contributed by atoms with Crippen molar-refractivity contribution in [3.63, 3.8) is 0 Å². The van der Waals surface area contributed by atoms with Crippen LogP contribution in [0.2, 0.25) is 0 Å². The molecular weight excluding hydrogens is 454 g/mol. The number of carbonyl (C=O) groups excluding carboxylic acids is 1. The Balaban J connectivity index is 1.62. The molecular formula is C25H43N3O5S. The molecule has 194 valence electrons. The van der Waals surface area contributed by atoms with Crippen molar-refractivity contribution in [2.24, 2.45) is 5.92 Å². The fourth-order valence-electron chi connectivity index (χ4n) is 5.76. The summed E-state index contributed by atoms with van der Waals surface area (Å²) in [5, 5.41) is 15.3. The van der Waals surface area contributed by atoms with E-state index in [0.717, 1.165) is 75.7 Å². The Morgan fingerprint density at radius 1 is 1.06 bits per heavy atom. The molecule has 0 radical (unpaired) electrons. The molecule has 3 rings (SSSR count). The predicted octanol–water partition coefficient (Wildman–Crippen LogP) is 4.77. The highest BCUT2D eigenvalue weighted by atomic mass is 32.2. The summed E-state index contributed by atoms with van der Waals surface area (Å²) in [6, 6.07) is 0. The van der Waals surface area contributed by atoms with Gasteiger partial charge in [0, 0.05) is 18.7 Å². The van der Waals surface area contributed by atoms with Crippen molar-refractivity contribution < 1.29 is 22.9 Å². The number of hydrogen-bond acceptors (Lipinski definition) is 6. The Labute approximate surface area is 205 Å². The average molecular weight is 498 g/mol. The van der Waals surface area contributed by atoms with Crippen molar-refractivity contribution >= 4 is 16.4 Å². The first-order valence-electron chi connectivity index (χ1n) is 13.1. The molecule has 9 heteroatoms. The van der Waals surface area contributed by atoms with Gasteiger partial charge in [0.25, 0.3) is 0 Å². The van der Waals surface area contributed by atoms with Crippen LogP contribution in [0.4, 0.5) is 0 Å². The summed E-state index contributed by atoms with van der Waals surface area (Å²) in [5.74, 6) is 1.14. The molecule has 1 N–H and O–H groups in total. The number of aromatic nitrogens is 1. The number of nitrogens with zero attached hydrogens (tertiary/aromatic N) is 3. The molecule has 34 heavy (non-hydrogen) atoms. The van der Waals surface area contributed by atoms with Crippen molar-refractivity contribution in [1.82, 2.24) is 14.5 Å². The third-order valence-corrected chi connectivity index (χ3v) is 10.1. The maximum atomic E-state index is 13.5. The van der Waals surface area contributed by atoms with Gasteiger partial charge in [-0.25, -0.2) is 17.8 Å². The van der Waals surface area contributed by atoms with Crippen LogP contribution in [0.15, 0.2) is 4.52 Å². The van der Waals surface area contributed by atoms with E-state index in [-0.39, 0.29) is 5.75 Å². The first-order valence-corrected chi connectivity index (χ1v) is 14.7. The fourth-order valence-corrected chi connectivity index (χ4v) is 7.81. The summed E-state index contributed by atoms with van der Waals surface area (Å²) in [4.78, 5) is 11.6. The highest BCUT2D eigenvalue weighted by Gasteiger charge is 2.42. The van der Waals surface area contributed by atoms with Crippen LogP contribution in [-0.4, -0.2) is 58.9 Å². The maximum absolute atomic E-state index is 13.5. The van der Waals surface area contributed by atoms with E-state index in [1.54, 1.807) is 4.31 Å². The number of aryl methyl sites for hydroxylation is 2. The third kappa shape index (κ3) is 7.04. The van der Waals surface area contributed by atoms with Crippen LogP contribution in [0, 0.1) is 19.8 Å². The van der Waals surface area contributed by atoms with Gasteiger partial charge in [-0.15, -0.1) is 0 Å². The van der Waals surface area contributed by atoms with Crippen LogP contribution in [0.1, 0.15) is 100 Å². The number of rotatable bonds is 8. The smallest absolute Gasteiger partial charge is 0.233 e. The first-order chi connectivity index (χ1) is 16.3. The van der Waals surface area contributed by atoms with E-state index in [4.69, 9.17) is 4.52 Å². The number of hydrogen-bond donors (Lipinski definition) is 1. The quantitative estimate of drug-likeness (QED) is 0.315. The molecule has 0 bridgehead atoms. The van der Waals surface area contributed by atoms with E-state index in [2.05, 4.69) is 5.16 Å². The summed E-state index contributed by atoms with van der Waals surface area (Å²) in [5.41, 5.74) is 1.07. The van der Waals surface area contributed by atoms with Crippen molar-refractivity contribution in [2.45, 2.75) is 109 Å². The predicted molar refractivity (Wildman–Crippen MR) is 131 cm³/mol. The molecule has 1 saturated heterocycles. The Hall–Kier alpha value is -1.45. The van der Waals surface area contributed by atoms with Crippen molar-refractivity contribution in [3.05, 3.63) is 17.0 Å². The van der Waals surface area contributed by atoms with Crippen LogP contribution >= 0.6 is 0 Å². The van der Waals surface area contributed by atoms with Gasteiger partial charge in [-0.2, -0.15) is 0 Å². The van der Waals surface area contributed by atoms with Gasteiger partial charge in [-0.05, 0) is 58.3 Å². The van der Waals surface area contributed by atoms with Gasteiger partial charge in [0.2, 0.25) is 16.4 Å². The van der Waals surface area contributed by atoms with Crippen LogP contribution in [0.3, 0.4) is 0 Å². The summed E-state index contributed by atoms with van der Waals surface area (Å²) in [7, 11) is -3.60. The van der Waals surface area contributed by atoms with Crippen LogP contribution in [0.5, 0.6) is 0 Å². The van der Waals surface area contributed by atoms with Crippen molar-refractivity contribution in [1.29, 1.82) is 0 Å². The minimum absolute atomic E-state index is 0.195. The topological polar surface area (TPSA) is 104 Å². The number of sulfonamides is 1. The van der Waals surface area contributed by atoms with Crippen LogP contribution < -0.4 is 0 Å². The Morgan fingerprint density at radius 2 is 1.62 bits per heavy atom. The maximum Gasteiger partial charge on any atom is 0.233 e. The minimum Gasteiger partial charge on any atom is -0.361 e. The zero-order valence-corrected chi connectivity index (χ0v) is 21.8. The molecule has 0 atom stereocenters. The largest absolute Gasteiger partial charge is 0.361 e. The molecule has 1 aromatic heterocycles. The molecule has 1 aliphatic carbocycles. The highest BCUT2D eigenvalue weighted by molar-refractivity contribution is 7.89. The van der Waals surface area contributed by atoms with Crippen molar-refractivity contribution in [3.8, 4) is 0 Å². The fraction of sp³-hybridized carbons (Fsp3) is 0.840. The second-order valence-electron chi connectivity index (χ2n) is 10.4. The molecule has 2 fully saturated rings. The lowest BCUT2D eigenvalue weighted by atomic mass is 9.88. The van der Waals surface area contributed by atoms with Crippen LogP contribution in [-0.2, 0) is 21.2 Å². The van der Waals surface area contributed by atoms with E-state index in [0.29, 0.717) is 43.3 Å². The molecule has 0 aromatic carbocycles. The zero-order valence-electron chi connectivity index (χ0n) is 21.0. The van der Waals surface area contributed by atoms with Crippen molar-refractivity contribution in [2.75, 3.05) is 18.8 Å². The van der Waals surface area contributed by atoms with Gasteiger partial charge >= 0.3 is 0 Å². The molecule has 1 amide bonds. The van der Waals surface area contributed by atoms with E-state index in [9.17, 15) is 18.4 Å². The van der Waals surface area contributed by atoms with Gasteiger partial charge < -0.3 is 4.52 Å². The summed E-state index contributed by atoms with van der Waals surface area (Å²) >= 11 is 0. The third-order valence-electron chi connectivity index (χ3n) is 8.02. The molecule has 1 aromatic rings. The van der Waals surface area contributed by atoms with Gasteiger partial charge in [-0.1, -0.05) is 56.5 Å². The molecule has 2 heterocycles. The van der Waals surface area contributed by atoms with E-state index in [1.165, 1.54) is 18.4 Å². The number of hydroxylamine groups is 2. The van der Waals surface area contributed by atoms with E-state index in [1.807, 2.05) is 13.8 Å². The summed E-state index contributed by atoms with van der Waals surface area (Å²) < 4.78 is 33.8. The Bertz CT molecular complexity index is 846. The van der Waals surface area contributed by atoms with Gasteiger partial charge in [-0.3, -0.25) is 10.0 Å². The van der Waals surface area contributed by atoms with Crippen LogP contribution in [0.25, 0.3) is 0 Å². The number of amides is 1. The number of carbonyl (C=O) groups is 1. The Morgan fingerprint density at radius 3 is 2.12 bits per heavy atom. The molecule has 2 aliphatic rings. The highest BCUT2D eigenvalue weighted by Crippen LogP contribution is 2.33. The standard InChI is InChI=1S/C25H43N3O5S/c1-21-24(22(2)33-26-21)12-11-23-13-17-27(18-14-23)34(31,32)19-25(28(30)20-29)15-9-7-5-3-4-6-8-10-16-25/h20,23,30H,3-19H2,1-2H3. The lowest BCUT2D eigenvalue weighted by molar-refractivity contribution is -0.179. The second kappa shape index (κ2) is 12.5. The number of piperidine rings is 1. The monoisotopic (exact) mass is 497 g/mol. The lowest BCUT2D eigenvalue weighted by Gasteiger charge is -2.40. The van der Waals surface area contributed by atoms with Gasteiger partial charge in [0.15, 0.2) is 0 Å². The summed E-state index contributed by atoms with van der Waals surface area (Å²) in [6.07, 6.45) is 13.3. The first kappa shape index (κ1) is 27.1. The second-order valence-corrected chi connectivity index (χ2v) is 12.4. The van der Waals surface area contributed by atoms with E-state index < -0.39 is 15.6 Å². The normalized spacial score (nSPS) is 21.6. The molecule has 0 unspecified atom stereocenters. The average Bonchev–Trinajstić information content (AvgIpc) is 3.12. The van der Waals surface area contributed by atoms with Gasteiger partial charge in [0.1, 0.15) is 5.76 Å². The molecule has 1 aliphatic heterocycles. The molecule has 1 saturated carbocycles. The zero-order chi connectivity index (χ0) is 24.6. The SMILES string of the molecule is Cc1noc(C)c1CCC1CCN(S(=O)(=O)CC2(N(O)C=O)CCCCCCCCCC2)CC1. The molecule has 0 spiro atoms.